The molecule has 0 fully saturated rings. The van der Waals surface area contributed by atoms with E-state index in [1.807, 2.05) is 0 Å². The van der Waals surface area contributed by atoms with Gasteiger partial charge < -0.3 is 102 Å². The molecule has 0 aliphatic rings. The second-order valence-corrected chi connectivity index (χ2v) is 0. The average molecular weight is 520 g/mol. The van der Waals surface area contributed by atoms with Crippen LogP contribution in [0.1, 0.15) is 0 Å². The zero-order valence-electron chi connectivity index (χ0n) is 2.97. The van der Waals surface area contributed by atoms with E-state index in [2.05, 4.69) is 0 Å². The molecule has 0 aromatic carbocycles. The molecule has 0 atom stereocenters. The summed E-state index contributed by atoms with van der Waals surface area (Å²) in [5.74, 6) is 0. The second-order valence-electron chi connectivity index (χ2n) is 0. The van der Waals surface area contributed by atoms with Crippen molar-refractivity contribution in [3.8, 4) is 0 Å². The summed E-state index contributed by atoms with van der Waals surface area (Å²) >= 11 is 0. The number of hydrogen-bond acceptors (Lipinski definition) is 0. The SMILES string of the molecule is [Br-].[Br-].[Br-].[Br-].[Br-].[Br-].[Ca+2]. The Morgan fingerprint density at radius 1 is 0.286 bits per heavy atom. The van der Waals surface area contributed by atoms with Crippen LogP contribution in [0.4, 0.5) is 0 Å². The van der Waals surface area contributed by atoms with Crippen molar-refractivity contribution in [3.63, 3.8) is 0 Å². The van der Waals surface area contributed by atoms with Crippen molar-refractivity contribution in [1.82, 2.24) is 0 Å². The predicted molar refractivity (Wildman–Crippen MR) is 5.75 cm³/mol. The Labute approximate surface area is 137 Å². The van der Waals surface area contributed by atoms with Gasteiger partial charge in [0.2, 0.25) is 0 Å². The largest absolute Gasteiger partial charge is 2.00 e. The van der Waals surface area contributed by atoms with Gasteiger partial charge >= 0.3 is 37.7 Å². The summed E-state index contributed by atoms with van der Waals surface area (Å²) < 4.78 is 0. The first-order chi connectivity index (χ1) is 0. The fourth-order valence-electron chi connectivity index (χ4n) is 0. The topological polar surface area (TPSA) is 0 Å². The quantitative estimate of drug-likeness (QED) is 0.279. The molecule has 0 heterocycles. The summed E-state index contributed by atoms with van der Waals surface area (Å²) in [6.07, 6.45) is 0. The molecule has 0 saturated heterocycles. The van der Waals surface area contributed by atoms with E-state index in [9.17, 15) is 0 Å². The van der Waals surface area contributed by atoms with Crippen LogP contribution in [-0.2, 0) is 0 Å². The molecule has 0 radical (unpaired) electrons. The van der Waals surface area contributed by atoms with Crippen molar-refractivity contribution < 1.29 is 102 Å². The normalized spacial score (nSPS) is 0. The van der Waals surface area contributed by atoms with E-state index in [1.54, 1.807) is 0 Å². The maximum absolute atomic E-state index is 0. The molecule has 0 amide bonds. The summed E-state index contributed by atoms with van der Waals surface area (Å²) in [5, 5.41) is 0. The zero-order chi connectivity index (χ0) is 0. The molecule has 0 bridgehead atoms. The maximum Gasteiger partial charge on any atom is 2.00 e. The van der Waals surface area contributed by atoms with Gasteiger partial charge in [-0.3, -0.25) is 0 Å². The number of halogens is 6. The fourth-order valence-corrected chi connectivity index (χ4v) is 0. The zero-order valence-corrected chi connectivity index (χ0v) is 14.7. The van der Waals surface area contributed by atoms with E-state index in [1.165, 1.54) is 0 Å². The van der Waals surface area contributed by atoms with Crippen LogP contribution < -0.4 is 102 Å². The van der Waals surface area contributed by atoms with Crippen molar-refractivity contribution in [2.45, 2.75) is 0 Å². The summed E-state index contributed by atoms with van der Waals surface area (Å²) in [7, 11) is 0. The molecule has 0 aliphatic carbocycles. The van der Waals surface area contributed by atoms with Gasteiger partial charge in [-0.1, -0.05) is 0 Å². The van der Waals surface area contributed by atoms with Crippen molar-refractivity contribution in [1.29, 1.82) is 0 Å². The average Bonchev–Trinajstić information content (AvgIpc) is 0. The molecule has 0 saturated carbocycles. The first-order valence-corrected chi connectivity index (χ1v) is 0. The van der Waals surface area contributed by atoms with Crippen LogP contribution in [0.25, 0.3) is 0 Å². The van der Waals surface area contributed by atoms with E-state index in [-0.39, 0.29) is 140 Å². The predicted octanol–water partition coefficient (Wildman–Crippen LogP) is -18.4. The van der Waals surface area contributed by atoms with Crippen LogP contribution in [0.15, 0.2) is 0 Å². The van der Waals surface area contributed by atoms with Gasteiger partial charge in [0.15, 0.2) is 0 Å². The van der Waals surface area contributed by atoms with E-state index < -0.39 is 0 Å². The molecular weight excluding hydrogens is 520 g/mol. The minimum atomic E-state index is 0. The van der Waals surface area contributed by atoms with Crippen molar-refractivity contribution in [3.05, 3.63) is 0 Å². The first kappa shape index (κ1) is 66.8. The molecule has 0 rings (SSSR count). The van der Waals surface area contributed by atoms with Gasteiger partial charge in [-0.2, -0.15) is 0 Å². The summed E-state index contributed by atoms with van der Waals surface area (Å²) in [6, 6.07) is 0. The minimum Gasteiger partial charge on any atom is -1.00 e. The van der Waals surface area contributed by atoms with E-state index in [0.29, 0.717) is 0 Å². The van der Waals surface area contributed by atoms with Crippen molar-refractivity contribution >= 4 is 37.7 Å². The Morgan fingerprint density at radius 2 is 0.286 bits per heavy atom. The summed E-state index contributed by atoms with van der Waals surface area (Å²) in [5.41, 5.74) is 0. The summed E-state index contributed by atoms with van der Waals surface area (Å²) in [4.78, 5) is 0. The van der Waals surface area contributed by atoms with Crippen LogP contribution >= 0.6 is 0 Å². The Balaban J connectivity index is 0. The third-order valence-corrected chi connectivity index (χ3v) is 0. The third kappa shape index (κ3) is 39.2. The number of hydrogen-bond donors (Lipinski definition) is 0. The van der Waals surface area contributed by atoms with Gasteiger partial charge in [0.25, 0.3) is 0 Å². The molecule has 0 aliphatic heterocycles. The summed E-state index contributed by atoms with van der Waals surface area (Å²) in [6.45, 7) is 0. The van der Waals surface area contributed by atoms with Crippen LogP contribution in [0, 0.1) is 0 Å². The van der Waals surface area contributed by atoms with Crippen LogP contribution in [0.3, 0.4) is 0 Å². The van der Waals surface area contributed by atoms with E-state index in [0.717, 1.165) is 0 Å². The Hall–Kier alpha value is 4.14. The third-order valence-electron chi connectivity index (χ3n) is 0. The molecule has 0 unspecified atom stereocenters. The molecule has 0 spiro atoms. The molecule has 0 N–H and O–H groups in total. The fraction of sp³-hybridized carbons (Fsp3) is 0. The van der Waals surface area contributed by atoms with E-state index in [4.69, 9.17) is 0 Å². The molecular formula is Br6Ca-4. The Kier molecular flexibility index (Phi) is 472. The van der Waals surface area contributed by atoms with Crippen LogP contribution in [-0.4, -0.2) is 37.7 Å². The molecule has 48 valence electrons. The molecule has 7 heavy (non-hydrogen) atoms. The van der Waals surface area contributed by atoms with Gasteiger partial charge in [-0.05, 0) is 0 Å². The number of rotatable bonds is 0. The first-order valence-electron chi connectivity index (χ1n) is 0. The van der Waals surface area contributed by atoms with Gasteiger partial charge in [0.05, 0.1) is 0 Å². The maximum atomic E-state index is 0. The minimum absolute atomic E-state index is 0. The monoisotopic (exact) mass is 513 g/mol. The molecule has 7 heteroatoms. The smallest absolute Gasteiger partial charge is 1.00 e. The van der Waals surface area contributed by atoms with Gasteiger partial charge in [-0.25, -0.2) is 0 Å². The van der Waals surface area contributed by atoms with Crippen LogP contribution in [0.5, 0.6) is 0 Å². The van der Waals surface area contributed by atoms with Gasteiger partial charge in [-0.15, -0.1) is 0 Å². The van der Waals surface area contributed by atoms with Gasteiger partial charge in [0.1, 0.15) is 0 Å². The Morgan fingerprint density at radius 3 is 0.286 bits per heavy atom. The van der Waals surface area contributed by atoms with Crippen molar-refractivity contribution in [2.24, 2.45) is 0 Å². The van der Waals surface area contributed by atoms with Crippen molar-refractivity contribution in [2.75, 3.05) is 0 Å². The molecule has 0 aromatic rings. The molecule has 0 aromatic heterocycles. The Bertz CT molecular complexity index is 4.14. The van der Waals surface area contributed by atoms with E-state index >= 15 is 0 Å². The molecule has 0 nitrogen and oxygen atoms in total. The second kappa shape index (κ2) is 49.4. The standard InChI is InChI=1S/6BrH.Ca/h6*1H;/q;;;;;;+2/p-6. The van der Waals surface area contributed by atoms with Crippen LogP contribution in [0.2, 0.25) is 0 Å². The van der Waals surface area contributed by atoms with Gasteiger partial charge in [0, 0.05) is 0 Å².